The first-order valence-corrected chi connectivity index (χ1v) is 8.68. The monoisotopic (exact) mass is 345 g/mol. The average Bonchev–Trinajstić information content (AvgIpc) is 3.07. The molecule has 6 heteroatoms. The highest BCUT2D eigenvalue weighted by molar-refractivity contribution is 7.07. The van der Waals surface area contributed by atoms with E-state index >= 15 is 0 Å². The van der Waals surface area contributed by atoms with Gasteiger partial charge < -0.3 is 10.2 Å². The SMILES string of the molecule is CNC(=O)c1ccc(CN(C)CC(=O)N(C)Cc2ccsc2)cc1. The first kappa shape index (κ1) is 18.2. The second-order valence-corrected chi connectivity index (χ2v) is 6.61. The smallest absolute Gasteiger partial charge is 0.251 e. The molecule has 2 aromatic rings. The van der Waals surface area contributed by atoms with E-state index in [-0.39, 0.29) is 11.8 Å². The predicted molar refractivity (Wildman–Crippen MR) is 97.0 cm³/mol. The summed E-state index contributed by atoms with van der Waals surface area (Å²) in [5.41, 5.74) is 2.86. The minimum Gasteiger partial charge on any atom is -0.355 e. The summed E-state index contributed by atoms with van der Waals surface area (Å²) in [4.78, 5) is 27.5. The summed E-state index contributed by atoms with van der Waals surface area (Å²) in [6, 6.07) is 9.46. The first-order chi connectivity index (χ1) is 11.5. The van der Waals surface area contributed by atoms with E-state index in [2.05, 4.69) is 10.7 Å². The standard InChI is InChI=1S/C18H23N3O2S/c1-19-18(23)16-6-4-14(5-7-16)10-20(2)12-17(22)21(3)11-15-8-9-24-13-15/h4-9,13H,10-12H2,1-3H3,(H,19,23). The van der Waals surface area contributed by atoms with E-state index < -0.39 is 0 Å². The zero-order valence-electron chi connectivity index (χ0n) is 14.3. The van der Waals surface area contributed by atoms with Crippen LogP contribution in [0, 0.1) is 0 Å². The number of nitrogens with one attached hydrogen (secondary N) is 1. The Kier molecular flexibility index (Phi) is 6.52. The van der Waals surface area contributed by atoms with E-state index in [1.807, 2.05) is 42.6 Å². The van der Waals surface area contributed by atoms with Gasteiger partial charge in [0.2, 0.25) is 5.91 Å². The lowest BCUT2D eigenvalue weighted by Gasteiger charge is -2.21. The van der Waals surface area contributed by atoms with Crippen LogP contribution in [0.15, 0.2) is 41.1 Å². The molecule has 2 amide bonds. The number of hydrogen-bond acceptors (Lipinski definition) is 4. The van der Waals surface area contributed by atoms with Gasteiger partial charge in [-0.15, -0.1) is 0 Å². The molecule has 0 aliphatic rings. The largest absolute Gasteiger partial charge is 0.355 e. The van der Waals surface area contributed by atoms with Gasteiger partial charge in [0.25, 0.3) is 5.91 Å². The van der Waals surface area contributed by atoms with Gasteiger partial charge in [-0.1, -0.05) is 12.1 Å². The van der Waals surface area contributed by atoms with Crippen molar-refractivity contribution in [1.82, 2.24) is 15.1 Å². The molecule has 5 nitrogen and oxygen atoms in total. The fraction of sp³-hybridized carbons (Fsp3) is 0.333. The Bertz CT molecular complexity index is 668. The number of benzene rings is 1. The summed E-state index contributed by atoms with van der Waals surface area (Å²) in [5.74, 6) is -0.00850. The maximum atomic E-state index is 12.3. The van der Waals surface area contributed by atoms with Crippen LogP contribution in [0.1, 0.15) is 21.5 Å². The van der Waals surface area contributed by atoms with Crippen LogP contribution in [0.25, 0.3) is 0 Å². The third-order valence-electron chi connectivity index (χ3n) is 3.73. The number of amides is 2. The lowest BCUT2D eigenvalue weighted by Crippen LogP contribution is -2.35. The van der Waals surface area contributed by atoms with Crippen molar-refractivity contribution in [2.45, 2.75) is 13.1 Å². The van der Waals surface area contributed by atoms with E-state index in [1.165, 1.54) is 0 Å². The molecule has 0 fully saturated rings. The molecule has 2 rings (SSSR count). The summed E-state index contributed by atoms with van der Waals surface area (Å²) < 4.78 is 0. The molecule has 0 radical (unpaired) electrons. The summed E-state index contributed by atoms with van der Waals surface area (Å²) in [6.07, 6.45) is 0. The lowest BCUT2D eigenvalue weighted by molar-refractivity contribution is -0.131. The van der Waals surface area contributed by atoms with Crippen molar-refractivity contribution in [2.24, 2.45) is 0 Å². The molecular formula is C18H23N3O2S. The highest BCUT2D eigenvalue weighted by Gasteiger charge is 2.13. The van der Waals surface area contributed by atoms with Gasteiger partial charge in [0.05, 0.1) is 6.54 Å². The topological polar surface area (TPSA) is 52.7 Å². The van der Waals surface area contributed by atoms with Gasteiger partial charge in [0.1, 0.15) is 0 Å². The third-order valence-corrected chi connectivity index (χ3v) is 4.46. The summed E-state index contributed by atoms with van der Waals surface area (Å²) in [7, 11) is 5.36. The van der Waals surface area contributed by atoms with Gasteiger partial charge in [-0.2, -0.15) is 11.3 Å². The zero-order chi connectivity index (χ0) is 17.5. The molecule has 0 unspecified atom stereocenters. The molecule has 0 saturated carbocycles. The van der Waals surface area contributed by atoms with Crippen molar-refractivity contribution >= 4 is 23.2 Å². The highest BCUT2D eigenvalue weighted by atomic mass is 32.1. The Hall–Kier alpha value is -2.18. The lowest BCUT2D eigenvalue weighted by atomic mass is 10.1. The molecule has 1 N–H and O–H groups in total. The Morgan fingerprint density at radius 3 is 2.33 bits per heavy atom. The minimum absolute atomic E-state index is 0.0886. The van der Waals surface area contributed by atoms with Gasteiger partial charge in [-0.25, -0.2) is 0 Å². The van der Waals surface area contributed by atoms with E-state index in [0.717, 1.165) is 11.1 Å². The van der Waals surface area contributed by atoms with Gasteiger partial charge in [-0.05, 0) is 47.1 Å². The quantitative estimate of drug-likeness (QED) is 0.837. The summed E-state index contributed by atoms with van der Waals surface area (Å²) >= 11 is 1.64. The van der Waals surface area contributed by atoms with Crippen molar-refractivity contribution in [3.63, 3.8) is 0 Å². The molecule has 0 aliphatic carbocycles. The number of nitrogens with zero attached hydrogens (tertiary/aromatic N) is 2. The fourth-order valence-electron chi connectivity index (χ4n) is 2.37. The molecule has 1 aromatic heterocycles. The molecule has 0 spiro atoms. The van der Waals surface area contributed by atoms with Crippen LogP contribution in [0.4, 0.5) is 0 Å². The minimum atomic E-state index is -0.0971. The van der Waals surface area contributed by atoms with Crippen molar-refractivity contribution in [2.75, 3.05) is 27.7 Å². The maximum absolute atomic E-state index is 12.3. The van der Waals surface area contributed by atoms with Crippen LogP contribution in [-0.2, 0) is 17.9 Å². The molecule has 0 saturated heterocycles. The fourth-order valence-corrected chi connectivity index (χ4v) is 3.03. The van der Waals surface area contributed by atoms with E-state index in [9.17, 15) is 9.59 Å². The molecular weight excluding hydrogens is 322 g/mol. The summed E-state index contributed by atoms with van der Waals surface area (Å²) in [5, 5.41) is 6.67. The maximum Gasteiger partial charge on any atom is 0.251 e. The van der Waals surface area contributed by atoms with E-state index in [0.29, 0.717) is 25.2 Å². The summed E-state index contributed by atoms with van der Waals surface area (Å²) in [6.45, 7) is 1.65. The van der Waals surface area contributed by atoms with Gasteiger partial charge in [0.15, 0.2) is 0 Å². The zero-order valence-corrected chi connectivity index (χ0v) is 15.1. The second kappa shape index (κ2) is 8.61. The average molecular weight is 345 g/mol. The number of thiophene rings is 1. The van der Waals surface area contributed by atoms with Gasteiger partial charge >= 0.3 is 0 Å². The van der Waals surface area contributed by atoms with Crippen molar-refractivity contribution in [3.8, 4) is 0 Å². The Balaban J connectivity index is 1.84. The number of likely N-dealkylation sites (N-methyl/N-ethyl adjacent to an activating group) is 2. The van der Waals surface area contributed by atoms with Crippen LogP contribution in [0.5, 0.6) is 0 Å². The van der Waals surface area contributed by atoms with Crippen LogP contribution in [0.2, 0.25) is 0 Å². The molecule has 0 atom stereocenters. The molecule has 24 heavy (non-hydrogen) atoms. The Morgan fingerprint density at radius 1 is 1.04 bits per heavy atom. The highest BCUT2D eigenvalue weighted by Crippen LogP contribution is 2.10. The van der Waals surface area contributed by atoms with Gasteiger partial charge in [-0.3, -0.25) is 14.5 Å². The molecule has 128 valence electrons. The van der Waals surface area contributed by atoms with Crippen LogP contribution in [0.3, 0.4) is 0 Å². The molecule has 1 aromatic carbocycles. The third kappa shape index (κ3) is 5.18. The van der Waals surface area contributed by atoms with Crippen LogP contribution >= 0.6 is 11.3 Å². The number of rotatable bonds is 7. The first-order valence-electron chi connectivity index (χ1n) is 7.74. The van der Waals surface area contributed by atoms with Crippen molar-refractivity contribution in [1.29, 1.82) is 0 Å². The Morgan fingerprint density at radius 2 is 1.75 bits per heavy atom. The van der Waals surface area contributed by atoms with E-state index in [4.69, 9.17) is 0 Å². The number of carbonyl (C=O) groups excluding carboxylic acids is 2. The van der Waals surface area contributed by atoms with Crippen molar-refractivity contribution in [3.05, 3.63) is 57.8 Å². The number of carbonyl (C=O) groups is 2. The predicted octanol–water partition coefficient (Wildman–Crippen LogP) is 2.20. The van der Waals surface area contributed by atoms with Gasteiger partial charge in [0, 0.05) is 32.7 Å². The number of hydrogen-bond donors (Lipinski definition) is 1. The molecule has 0 aliphatic heterocycles. The van der Waals surface area contributed by atoms with Crippen LogP contribution < -0.4 is 5.32 Å². The van der Waals surface area contributed by atoms with Crippen LogP contribution in [-0.4, -0.2) is 49.3 Å². The van der Waals surface area contributed by atoms with Crippen molar-refractivity contribution < 1.29 is 9.59 Å². The van der Waals surface area contributed by atoms with E-state index in [1.54, 1.807) is 35.4 Å². The molecule has 0 bridgehead atoms. The normalized spacial score (nSPS) is 10.7. The molecule has 1 heterocycles. The second-order valence-electron chi connectivity index (χ2n) is 5.83. The Labute approximate surface area is 146 Å².